The lowest BCUT2D eigenvalue weighted by Crippen LogP contribution is -1.91. The Morgan fingerprint density at radius 1 is 0.615 bits per heavy atom. The monoisotopic (exact) mass is 357 g/mol. The summed E-state index contributed by atoms with van der Waals surface area (Å²) in [6, 6.07) is 29.0. The molecule has 0 saturated heterocycles. The van der Waals surface area contributed by atoms with Crippen molar-refractivity contribution in [3.05, 3.63) is 96.0 Å². The fraction of sp³-hybridized carbons (Fsp3) is 0. The quantitative estimate of drug-likeness (QED) is 0.457. The summed E-state index contributed by atoms with van der Waals surface area (Å²) >= 11 is 6.17. The Morgan fingerprint density at radius 3 is 2.08 bits per heavy atom. The Morgan fingerprint density at radius 2 is 1.31 bits per heavy atom. The number of aromatic hydroxyl groups is 1. The number of benzene rings is 3. The van der Waals surface area contributed by atoms with Crippen LogP contribution in [0.25, 0.3) is 33.6 Å². The molecule has 4 rings (SSSR count). The number of pyridine rings is 1. The third-order valence-corrected chi connectivity index (χ3v) is 4.47. The standard InChI is InChI=1S/C23H16ClNO/c24-19-10-6-9-17(13-19)21-14-18(16-7-2-1-3-8-16)15-22(25-21)20-11-4-5-12-23(20)26/h1-15,26H. The van der Waals surface area contributed by atoms with Gasteiger partial charge in [-0.25, -0.2) is 4.98 Å². The molecule has 3 aromatic carbocycles. The number of para-hydroxylation sites is 1. The van der Waals surface area contributed by atoms with Gasteiger partial charge in [-0.1, -0.05) is 66.2 Å². The van der Waals surface area contributed by atoms with E-state index in [1.807, 2.05) is 66.7 Å². The van der Waals surface area contributed by atoms with Gasteiger partial charge in [0.05, 0.1) is 11.4 Å². The van der Waals surface area contributed by atoms with E-state index in [1.165, 1.54) is 0 Å². The molecule has 0 fully saturated rings. The molecule has 0 amide bonds. The lowest BCUT2D eigenvalue weighted by molar-refractivity contribution is 0.477. The van der Waals surface area contributed by atoms with Gasteiger partial charge in [-0.2, -0.15) is 0 Å². The van der Waals surface area contributed by atoms with Gasteiger partial charge in [-0.3, -0.25) is 0 Å². The molecule has 0 aliphatic carbocycles. The van der Waals surface area contributed by atoms with Crippen molar-refractivity contribution in [2.75, 3.05) is 0 Å². The number of phenols is 1. The highest BCUT2D eigenvalue weighted by atomic mass is 35.5. The van der Waals surface area contributed by atoms with Gasteiger partial charge in [0.15, 0.2) is 0 Å². The van der Waals surface area contributed by atoms with Crippen LogP contribution in [0.4, 0.5) is 0 Å². The van der Waals surface area contributed by atoms with Crippen LogP contribution in [0.15, 0.2) is 91.0 Å². The third kappa shape index (κ3) is 3.32. The molecule has 0 aliphatic heterocycles. The summed E-state index contributed by atoms with van der Waals surface area (Å²) in [7, 11) is 0. The maximum atomic E-state index is 10.3. The van der Waals surface area contributed by atoms with E-state index in [2.05, 4.69) is 12.1 Å². The van der Waals surface area contributed by atoms with Crippen LogP contribution in [0.2, 0.25) is 5.02 Å². The van der Waals surface area contributed by atoms with Gasteiger partial charge in [0.25, 0.3) is 0 Å². The molecule has 0 radical (unpaired) electrons. The van der Waals surface area contributed by atoms with Gasteiger partial charge in [0.1, 0.15) is 5.75 Å². The van der Waals surface area contributed by atoms with Gasteiger partial charge in [-0.15, -0.1) is 0 Å². The number of aromatic nitrogens is 1. The Bertz CT molecular complexity index is 1060. The van der Waals surface area contributed by atoms with Crippen molar-refractivity contribution in [1.29, 1.82) is 0 Å². The second kappa shape index (κ2) is 7.03. The van der Waals surface area contributed by atoms with Crippen LogP contribution in [0, 0.1) is 0 Å². The summed E-state index contributed by atoms with van der Waals surface area (Å²) in [5.74, 6) is 0.210. The highest BCUT2D eigenvalue weighted by Gasteiger charge is 2.11. The Hall–Kier alpha value is -3.10. The van der Waals surface area contributed by atoms with Crippen LogP contribution in [-0.2, 0) is 0 Å². The van der Waals surface area contributed by atoms with E-state index in [9.17, 15) is 5.11 Å². The predicted octanol–water partition coefficient (Wildman–Crippen LogP) is 6.44. The Balaban J connectivity index is 1.95. The van der Waals surface area contributed by atoms with Gasteiger partial charge in [-0.05, 0) is 47.5 Å². The Labute approximate surface area is 157 Å². The van der Waals surface area contributed by atoms with Crippen LogP contribution in [-0.4, -0.2) is 10.1 Å². The molecule has 0 unspecified atom stereocenters. The fourth-order valence-electron chi connectivity index (χ4n) is 2.95. The topological polar surface area (TPSA) is 33.1 Å². The number of rotatable bonds is 3. The predicted molar refractivity (Wildman–Crippen MR) is 107 cm³/mol. The van der Waals surface area contributed by atoms with Crippen LogP contribution in [0.5, 0.6) is 5.75 Å². The van der Waals surface area contributed by atoms with Gasteiger partial charge >= 0.3 is 0 Å². The summed E-state index contributed by atoms with van der Waals surface area (Å²) in [6.45, 7) is 0. The second-order valence-corrected chi connectivity index (χ2v) is 6.46. The summed E-state index contributed by atoms with van der Waals surface area (Å²) in [4.78, 5) is 4.78. The molecule has 0 aliphatic rings. The summed E-state index contributed by atoms with van der Waals surface area (Å²) in [5, 5.41) is 10.9. The minimum Gasteiger partial charge on any atom is -0.507 e. The van der Waals surface area contributed by atoms with E-state index >= 15 is 0 Å². The average molecular weight is 358 g/mol. The van der Waals surface area contributed by atoms with E-state index < -0.39 is 0 Å². The average Bonchev–Trinajstić information content (AvgIpc) is 2.69. The largest absolute Gasteiger partial charge is 0.507 e. The van der Waals surface area contributed by atoms with E-state index in [-0.39, 0.29) is 5.75 Å². The zero-order valence-electron chi connectivity index (χ0n) is 13.9. The molecule has 126 valence electrons. The van der Waals surface area contributed by atoms with Gasteiger partial charge in [0, 0.05) is 16.1 Å². The zero-order valence-corrected chi connectivity index (χ0v) is 14.7. The van der Waals surface area contributed by atoms with E-state index in [0.717, 1.165) is 28.1 Å². The molecule has 1 heterocycles. The van der Waals surface area contributed by atoms with Crippen LogP contribution in [0.1, 0.15) is 0 Å². The number of hydrogen-bond donors (Lipinski definition) is 1. The van der Waals surface area contributed by atoms with Crippen LogP contribution >= 0.6 is 11.6 Å². The normalized spacial score (nSPS) is 10.7. The van der Waals surface area contributed by atoms with Gasteiger partial charge in [0.2, 0.25) is 0 Å². The molecule has 2 nitrogen and oxygen atoms in total. The second-order valence-electron chi connectivity index (χ2n) is 6.02. The van der Waals surface area contributed by atoms with E-state index in [0.29, 0.717) is 10.6 Å². The Kier molecular flexibility index (Phi) is 4.42. The van der Waals surface area contributed by atoms with Crippen molar-refractivity contribution in [3.63, 3.8) is 0 Å². The highest BCUT2D eigenvalue weighted by Crippen LogP contribution is 2.34. The molecule has 26 heavy (non-hydrogen) atoms. The van der Waals surface area contributed by atoms with Crippen molar-refractivity contribution in [2.45, 2.75) is 0 Å². The first kappa shape index (κ1) is 16.4. The van der Waals surface area contributed by atoms with Crippen molar-refractivity contribution < 1.29 is 5.11 Å². The first-order valence-electron chi connectivity index (χ1n) is 8.32. The van der Waals surface area contributed by atoms with Crippen molar-refractivity contribution in [2.24, 2.45) is 0 Å². The highest BCUT2D eigenvalue weighted by molar-refractivity contribution is 6.30. The molecule has 3 heteroatoms. The van der Waals surface area contributed by atoms with E-state index in [1.54, 1.807) is 12.1 Å². The zero-order chi connectivity index (χ0) is 17.9. The third-order valence-electron chi connectivity index (χ3n) is 4.23. The molecule has 4 aromatic rings. The number of halogens is 1. The first-order valence-corrected chi connectivity index (χ1v) is 8.70. The molecule has 0 bridgehead atoms. The minimum atomic E-state index is 0.210. The smallest absolute Gasteiger partial charge is 0.124 e. The number of nitrogens with zero attached hydrogens (tertiary/aromatic N) is 1. The maximum absolute atomic E-state index is 10.3. The molecule has 1 N–H and O–H groups in total. The first-order chi connectivity index (χ1) is 12.7. The fourth-order valence-corrected chi connectivity index (χ4v) is 3.14. The number of hydrogen-bond acceptors (Lipinski definition) is 2. The molecule has 1 aromatic heterocycles. The van der Waals surface area contributed by atoms with Crippen LogP contribution < -0.4 is 0 Å². The molecule has 0 spiro atoms. The molecular weight excluding hydrogens is 342 g/mol. The van der Waals surface area contributed by atoms with Gasteiger partial charge < -0.3 is 5.11 Å². The molecule has 0 saturated carbocycles. The van der Waals surface area contributed by atoms with E-state index in [4.69, 9.17) is 16.6 Å². The SMILES string of the molecule is Oc1ccccc1-c1cc(-c2ccccc2)cc(-c2cccc(Cl)c2)n1. The van der Waals surface area contributed by atoms with Crippen molar-refractivity contribution >= 4 is 11.6 Å². The minimum absolute atomic E-state index is 0.210. The number of phenolic OH excluding ortho intramolecular Hbond substituents is 1. The molecule has 0 atom stereocenters. The van der Waals surface area contributed by atoms with Crippen molar-refractivity contribution in [3.8, 4) is 39.4 Å². The summed E-state index contributed by atoms with van der Waals surface area (Å²) < 4.78 is 0. The summed E-state index contributed by atoms with van der Waals surface area (Å²) in [6.07, 6.45) is 0. The lowest BCUT2D eigenvalue weighted by Gasteiger charge is -2.11. The summed E-state index contributed by atoms with van der Waals surface area (Å²) in [5.41, 5.74) is 5.30. The lowest BCUT2D eigenvalue weighted by atomic mass is 10.00. The maximum Gasteiger partial charge on any atom is 0.124 e. The van der Waals surface area contributed by atoms with Crippen molar-refractivity contribution in [1.82, 2.24) is 4.98 Å². The van der Waals surface area contributed by atoms with Crippen LogP contribution in [0.3, 0.4) is 0 Å². The molecular formula is C23H16ClNO.